The van der Waals surface area contributed by atoms with Gasteiger partial charge in [0.15, 0.2) is 0 Å². The van der Waals surface area contributed by atoms with Crippen LogP contribution in [0.3, 0.4) is 0 Å². The van der Waals surface area contributed by atoms with E-state index < -0.39 is 0 Å². The summed E-state index contributed by atoms with van der Waals surface area (Å²) in [7, 11) is 0. The van der Waals surface area contributed by atoms with E-state index in [1.165, 1.54) is 11.8 Å². The van der Waals surface area contributed by atoms with Crippen LogP contribution in [0, 0.1) is 22.7 Å². The molecular formula is C16H14N4O. The lowest BCUT2D eigenvalue weighted by Crippen LogP contribution is -2.28. The number of carbonyl (C=O) groups is 1. The summed E-state index contributed by atoms with van der Waals surface area (Å²) in [4.78, 5) is 13.6. The molecule has 3 rings (SSSR count). The van der Waals surface area contributed by atoms with Crippen molar-refractivity contribution < 1.29 is 4.79 Å². The van der Waals surface area contributed by atoms with Gasteiger partial charge in [0.05, 0.1) is 0 Å². The van der Waals surface area contributed by atoms with Crippen LogP contribution >= 0.6 is 0 Å². The fourth-order valence-corrected chi connectivity index (χ4v) is 2.87. The molecule has 0 unspecified atom stereocenters. The third kappa shape index (κ3) is 2.13. The SMILES string of the molecule is CC(=O)N1CC2(CC2)c2ccc(NC=C(C#N)C#N)cc21. The molecule has 1 fully saturated rings. The largest absolute Gasteiger partial charge is 0.360 e. The molecule has 1 aliphatic heterocycles. The van der Waals surface area contributed by atoms with E-state index in [1.54, 1.807) is 19.1 Å². The van der Waals surface area contributed by atoms with Gasteiger partial charge in [0, 0.05) is 36.5 Å². The smallest absolute Gasteiger partial charge is 0.223 e. The van der Waals surface area contributed by atoms with Gasteiger partial charge in [-0.1, -0.05) is 6.07 Å². The average Bonchev–Trinajstić information content (AvgIpc) is 3.18. The second-order valence-electron chi connectivity index (χ2n) is 5.54. The van der Waals surface area contributed by atoms with Crippen molar-refractivity contribution in [2.75, 3.05) is 16.8 Å². The molecular weight excluding hydrogens is 264 g/mol. The number of hydrogen-bond donors (Lipinski definition) is 1. The van der Waals surface area contributed by atoms with Gasteiger partial charge in [0.1, 0.15) is 17.7 Å². The normalized spacial score (nSPS) is 16.6. The molecule has 0 radical (unpaired) electrons. The maximum atomic E-state index is 11.8. The van der Waals surface area contributed by atoms with Gasteiger partial charge in [-0.3, -0.25) is 4.79 Å². The van der Waals surface area contributed by atoms with E-state index in [1.807, 2.05) is 23.1 Å². The van der Waals surface area contributed by atoms with E-state index in [2.05, 4.69) is 5.32 Å². The monoisotopic (exact) mass is 278 g/mol. The number of carbonyl (C=O) groups excluding carboxylic acids is 1. The molecule has 104 valence electrons. The second kappa shape index (κ2) is 4.64. The Bertz CT molecular complexity index is 716. The maximum absolute atomic E-state index is 11.8. The van der Waals surface area contributed by atoms with Crippen molar-refractivity contribution in [3.63, 3.8) is 0 Å². The average molecular weight is 278 g/mol. The van der Waals surface area contributed by atoms with Crippen molar-refractivity contribution in [1.82, 2.24) is 0 Å². The molecule has 0 saturated heterocycles. The number of rotatable bonds is 2. The van der Waals surface area contributed by atoms with E-state index in [0.29, 0.717) is 0 Å². The van der Waals surface area contributed by atoms with E-state index in [4.69, 9.17) is 10.5 Å². The number of nitrogens with one attached hydrogen (secondary N) is 1. The molecule has 1 aromatic rings. The second-order valence-corrected chi connectivity index (χ2v) is 5.54. The molecule has 5 nitrogen and oxygen atoms in total. The standard InChI is InChI=1S/C16H14N4O/c1-11(21)20-10-16(4-5-16)14-3-2-13(6-15(14)20)19-9-12(7-17)8-18/h2-3,6,9,19H,4-5,10H2,1H3. The fraction of sp³-hybridized carbons (Fsp3) is 0.312. The van der Waals surface area contributed by atoms with Crippen molar-refractivity contribution >= 4 is 17.3 Å². The van der Waals surface area contributed by atoms with Gasteiger partial charge in [0.25, 0.3) is 0 Å². The summed E-state index contributed by atoms with van der Waals surface area (Å²) in [6, 6.07) is 9.47. The minimum absolute atomic E-state index is 0.0117. The van der Waals surface area contributed by atoms with Crippen molar-refractivity contribution in [2.24, 2.45) is 0 Å². The Morgan fingerprint density at radius 3 is 2.67 bits per heavy atom. The Kier molecular flexibility index (Phi) is 2.92. The van der Waals surface area contributed by atoms with E-state index in [0.717, 1.165) is 30.8 Å². The molecule has 1 spiro atoms. The minimum Gasteiger partial charge on any atom is -0.360 e. The summed E-state index contributed by atoms with van der Waals surface area (Å²) in [6.07, 6.45) is 3.63. The first-order valence-corrected chi connectivity index (χ1v) is 6.79. The number of amides is 1. The number of nitriles is 2. The molecule has 21 heavy (non-hydrogen) atoms. The number of benzene rings is 1. The molecule has 1 heterocycles. The Morgan fingerprint density at radius 1 is 1.38 bits per heavy atom. The molecule has 1 N–H and O–H groups in total. The van der Waals surface area contributed by atoms with Gasteiger partial charge < -0.3 is 10.2 Å². The van der Waals surface area contributed by atoms with Crippen LogP contribution in [0.5, 0.6) is 0 Å². The third-order valence-corrected chi connectivity index (χ3v) is 4.18. The van der Waals surface area contributed by atoms with Crippen molar-refractivity contribution in [2.45, 2.75) is 25.2 Å². The zero-order chi connectivity index (χ0) is 15.0. The molecule has 0 aromatic heterocycles. The van der Waals surface area contributed by atoms with Crippen molar-refractivity contribution in [1.29, 1.82) is 10.5 Å². The van der Waals surface area contributed by atoms with E-state index in [9.17, 15) is 4.79 Å². The van der Waals surface area contributed by atoms with Gasteiger partial charge in [-0.05, 0) is 30.5 Å². The fourth-order valence-electron chi connectivity index (χ4n) is 2.87. The van der Waals surface area contributed by atoms with Gasteiger partial charge in [0.2, 0.25) is 5.91 Å². The Hall–Kier alpha value is -2.79. The molecule has 2 aliphatic rings. The van der Waals surface area contributed by atoms with Crippen LogP contribution in [0.2, 0.25) is 0 Å². The van der Waals surface area contributed by atoms with E-state index in [-0.39, 0.29) is 16.9 Å². The summed E-state index contributed by atoms with van der Waals surface area (Å²) in [6.45, 7) is 2.34. The van der Waals surface area contributed by atoms with Crippen LogP contribution in [0.15, 0.2) is 30.0 Å². The first-order chi connectivity index (χ1) is 10.1. The van der Waals surface area contributed by atoms with Crippen molar-refractivity contribution in [3.05, 3.63) is 35.5 Å². The Labute approximate surface area is 123 Å². The minimum atomic E-state index is 0.0117. The summed E-state index contributed by atoms with van der Waals surface area (Å²) in [5, 5.41) is 20.4. The highest BCUT2D eigenvalue weighted by molar-refractivity contribution is 5.96. The molecule has 0 atom stereocenters. The molecule has 0 bridgehead atoms. The predicted molar refractivity (Wildman–Crippen MR) is 78.3 cm³/mol. The van der Waals surface area contributed by atoms with Crippen LogP contribution < -0.4 is 10.2 Å². The van der Waals surface area contributed by atoms with Crippen LogP contribution in [-0.4, -0.2) is 12.5 Å². The van der Waals surface area contributed by atoms with Gasteiger partial charge in [-0.2, -0.15) is 10.5 Å². The van der Waals surface area contributed by atoms with Gasteiger partial charge in [-0.25, -0.2) is 0 Å². The third-order valence-electron chi connectivity index (χ3n) is 4.18. The zero-order valence-electron chi connectivity index (χ0n) is 11.7. The Balaban J connectivity index is 1.93. The molecule has 1 amide bonds. The maximum Gasteiger partial charge on any atom is 0.223 e. The number of hydrogen-bond acceptors (Lipinski definition) is 4. The number of allylic oxidation sites excluding steroid dienone is 1. The van der Waals surface area contributed by atoms with Crippen LogP contribution in [0.25, 0.3) is 0 Å². The molecule has 1 aromatic carbocycles. The highest BCUT2D eigenvalue weighted by atomic mass is 16.2. The molecule has 5 heteroatoms. The van der Waals surface area contributed by atoms with Crippen LogP contribution in [-0.2, 0) is 10.2 Å². The lowest BCUT2D eigenvalue weighted by molar-refractivity contribution is -0.116. The quantitative estimate of drug-likeness (QED) is 0.842. The zero-order valence-corrected chi connectivity index (χ0v) is 11.7. The van der Waals surface area contributed by atoms with E-state index >= 15 is 0 Å². The van der Waals surface area contributed by atoms with Crippen LogP contribution in [0.4, 0.5) is 11.4 Å². The number of nitrogens with zero attached hydrogens (tertiary/aromatic N) is 3. The summed E-state index contributed by atoms with van der Waals surface area (Å²) in [5.74, 6) is 0.0439. The first-order valence-electron chi connectivity index (χ1n) is 6.79. The van der Waals surface area contributed by atoms with Gasteiger partial charge >= 0.3 is 0 Å². The van der Waals surface area contributed by atoms with Gasteiger partial charge in [-0.15, -0.1) is 0 Å². The molecule has 1 aliphatic carbocycles. The highest BCUT2D eigenvalue weighted by Crippen LogP contribution is 2.56. The number of fused-ring (bicyclic) bond motifs is 2. The summed E-state index contributed by atoms with van der Waals surface area (Å²) >= 11 is 0. The topological polar surface area (TPSA) is 79.9 Å². The highest BCUT2D eigenvalue weighted by Gasteiger charge is 2.52. The summed E-state index contributed by atoms with van der Waals surface area (Å²) < 4.78 is 0. The first kappa shape index (κ1) is 13.2. The predicted octanol–water partition coefficient (Wildman–Crippen LogP) is 2.43. The molecule has 1 saturated carbocycles. The lowest BCUT2D eigenvalue weighted by Gasteiger charge is -2.15. The lowest BCUT2D eigenvalue weighted by atomic mass is 9.98. The van der Waals surface area contributed by atoms with Crippen molar-refractivity contribution in [3.8, 4) is 12.1 Å². The summed E-state index contributed by atoms with van der Waals surface area (Å²) in [5.41, 5.74) is 3.11. The Morgan fingerprint density at radius 2 is 2.10 bits per heavy atom. The van der Waals surface area contributed by atoms with Crippen LogP contribution in [0.1, 0.15) is 25.3 Å². The number of anilines is 2.